The standard InChI is InChI=1S/C20H26N2O3S/c1-6-22(26(24,25)19-11-7-15(2)8-12-19)14-20(23)21(5)18-10-9-16(3)17(4)13-18/h7-13H,6,14H2,1-5H3. The first-order valence-electron chi connectivity index (χ1n) is 8.57. The van der Waals surface area contributed by atoms with Crippen molar-refractivity contribution in [3.05, 3.63) is 59.2 Å². The van der Waals surface area contributed by atoms with Crippen LogP contribution >= 0.6 is 0 Å². The van der Waals surface area contributed by atoms with Gasteiger partial charge in [0.05, 0.1) is 11.4 Å². The Kier molecular flexibility index (Phi) is 6.21. The van der Waals surface area contributed by atoms with Crippen LogP contribution in [0.2, 0.25) is 0 Å². The van der Waals surface area contributed by atoms with Crippen molar-refractivity contribution in [2.24, 2.45) is 0 Å². The lowest BCUT2D eigenvalue weighted by atomic mass is 10.1. The van der Waals surface area contributed by atoms with Crippen molar-refractivity contribution in [3.63, 3.8) is 0 Å². The maximum absolute atomic E-state index is 12.8. The fourth-order valence-electron chi connectivity index (χ4n) is 2.56. The monoisotopic (exact) mass is 374 g/mol. The average molecular weight is 375 g/mol. The molecule has 0 radical (unpaired) electrons. The summed E-state index contributed by atoms with van der Waals surface area (Å²) in [6.45, 7) is 7.65. The van der Waals surface area contributed by atoms with E-state index in [4.69, 9.17) is 0 Å². The van der Waals surface area contributed by atoms with E-state index in [0.29, 0.717) is 0 Å². The van der Waals surface area contributed by atoms with Gasteiger partial charge in [-0.1, -0.05) is 30.7 Å². The van der Waals surface area contributed by atoms with Crippen LogP contribution in [0.4, 0.5) is 5.69 Å². The van der Waals surface area contributed by atoms with Gasteiger partial charge in [0.25, 0.3) is 0 Å². The molecule has 0 N–H and O–H groups in total. The molecule has 140 valence electrons. The number of carbonyl (C=O) groups is 1. The Morgan fingerprint density at radius 1 is 0.962 bits per heavy atom. The van der Waals surface area contributed by atoms with E-state index in [1.54, 1.807) is 38.2 Å². The third kappa shape index (κ3) is 4.31. The van der Waals surface area contributed by atoms with Crippen molar-refractivity contribution >= 4 is 21.6 Å². The van der Waals surface area contributed by atoms with Gasteiger partial charge in [-0.15, -0.1) is 0 Å². The zero-order chi connectivity index (χ0) is 19.5. The number of hydrogen-bond donors (Lipinski definition) is 0. The summed E-state index contributed by atoms with van der Waals surface area (Å²) < 4.78 is 26.9. The van der Waals surface area contributed by atoms with Gasteiger partial charge >= 0.3 is 0 Å². The van der Waals surface area contributed by atoms with Crippen molar-refractivity contribution in [1.29, 1.82) is 0 Å². The first-order chi connectivity index (χ1) is 12.2. The molecule has 6 heteroatoms. The highest BCUT2D eigenvalue weighted by atomic mass is 32.2. The molecule has 0 aliphatic rings. The number of aryl methyl sites for hydroxylation is 3. The van der Waals surface area contributed by atoms with Gasteiger partial charge in [0.1, 0.15) is 0 Å². The summed E-state index contributed by atoms with van der Waals surface area (Å²) in [6, 6.07) is 12.4. The van der Waals surface area contributed by atoms with Gasteiger partial charge in [-0.3, -0.25) is 4.79 Å². The van der Waals surface area contributed by atoms with Gasteiger partial charge in [-0.05, 0) is 56.2 Å². The molecule has 0 spiro atoms. The van der Waals surface area contributed by atoms with E-state index in [1.807, 2.05) is 39.0 Å². The third-order valence-electron chi connectivity index (χ3n) is 4.57. The SMILES string of the molecule is CCN(CC(=O)N(C)c1ccc(C)c(C)c1)S(=O)(=O)c1ccc(C)cc1. The number of amides is 1. The van der Waals surface area contributed by atoms with E-state index in [1.165, 1.54) is 9.21 Å². The predicted octanol–water partition coefficient (Wildman–Crippen LogP) is 3.29. The lowest BCUT2D eigenvalue weighted by Crippen LogP contribution is -2.41. The molecule has 0 fully saturated rings. The zero-order valence-corrected chi connectivity index (χ0v) is 16.8. The molecule has 0 aromatic heterocycles. The number of sulfonamides is 1. The van der Waals surface area contributed by atoms with Gasteiger partial charge in [0.2, 0.25) is 15.9 Å². The molecule has 0 aliphatic heterocycles. The largest absolute Gasteiger partial charge is 0.314 e. The summed E-state index contributed by atoms with van der Waals surface area (Å²) in [5, 5.41) is 0. The Labute approximate surface area is 156 Å². The fraction of sp³-hybridized carbons (Fsp3) is 0.350. The molecule has 2 aromatic rings. The lowest BCUT2D eigenvalue weighted by molar-refractivity contribution is -0.118. The molecule has 2 rings (SSSR count). The molecule has 1 amide bonds. The van der Waals surface area contributed by atoms with E-state index in [0.717, 1.165) is 22.4 Å². The smallest absolute Gasteiger partial charge is 0.243 e. The second kappa shape index (κ2) is 8.01. The van der Waals surface area contributed by atoms with Gasteiger partial charge in [0.15, 0.2) is 0 Å². The molecule has 0 bridgehead atoms. The van der Waals surface area contributed by atoms with Crippen LogP contribution in [-0.4, -0.2) is 38.8 Å². The highest BCUT2D eigenvalue weighted by Crippen LogP contribution is 2.20. The Bertz CT molecular complexity index is 890. The van der Waals surface area contributed by atoms with Crippen LogP contribution in [0.1, 0.15) is 23.6 Å². The maximum atomic E-state index is 12.8. The third-order valence-corrected chi connectivity index (χ3v) is 6.51. The normalized spacial score (nSPS) is 11.6. The van der Waals surface area contributed by atoms with E-state index < -0.39 is 10.0 Å². The van der Waals surface area contributed by atoms with Crippen molar-refractivity contribution in [2.75, 3.05) is 25.0 Å². The van der Waals surface area contributed by atoms with Gasteiger partial charge in [-0.2, -0.15) is 4.31 Å². The predicted molar refractivity (Wildman–Crippen MR) is 105 cm³/mol. The number of benzene rings is 2. The molecule has 0 aliphatic carbocycles. The van der Waals surface area contributed by atoms with Gasteiger partial charge in [-0.25, -0.2) is 8.42 Å². The van der Waals surface area contributed by atoms with Crippen LogP contribution < -0.4 is 4.90 Å². The number of likely N-dealkylation sites (N-methyl/N-ethyl adjacent to an activating group) is 2. The summed E-state index contributed by atoms with van der Waals surface area (Å²) in [5.74, 6) is -0.272. The van der Waals surface area contributed by atoms with Crippen molar-refractivity contribution < 1.29 is 13.2 Å². The highest BCUT2D eigenvalue weighted by Gasteiger charge is 2.26. The molecule has 0 unspecified atom stereocenters. The molecule has 0 atom stereocenters. The van der Waals surface area contributed by atoms with Crippen LogP contribution in [0.25, 0.3) is 0 Å². The van der Waals surface area contributed by atoms with Crippen molar-refractivity contribution in [3.8, 4) is 0 Å². The van der Waals surface area contributed by atoms with E-state index >= 15 is 0 Å². The summed E-state index contributed by atoms with van der Waals surface area (Å²) in [6.07, 6.45) is 0. The number of nitrogens with zero attached hydrogens (tertiary/aromatic N) is 2. The fourth-order valence-corrected chi connectivity index (χ4v) is 3.96. The van der Waals surface area contributed by atoms with Crippen LogP contribution in [-0.2, 0) is 14.8 Å². The Hall–Kier alpha value is -2.18. The van der Waals surface area contributed by atoms with Crippen LogP contribution in [0.3, 0.4) is 0 Å². The first-order valence-corrected chi connectivity index (χ1v) is 10.0. The molecule has 0 saturated heterocycles. The second-order valence-corrected chi connectivity index (χ2v) is 8.40. The lowest BCUT2D eigenvalue weighted by Gasteiger charge is -2.24. The van der Waals surface area contributed by atoms with Crippen LogP contribution in [0, 0.1) is 20.8 Å². The van der Waals surface area contributed by atoms with E-state index in [-0.39, 0.29) is 23.9 Å². The zero-order valence-electron chi connectivity index (χ0n) is 16.0. The topological polar surface area (TPSA) is 57.7 Å². The van der Waals surface area contributed by atoms with E-state index in [9.17, 15) is 13.2 Å². The minimum absolute atomic E-state index is 0.198. The van der Waals surface area contributed by atoms with Crippen molar-refractivity contribution in [2.45, 2.75) is 32.6 Å². The van der Waals surface area contributed by atoms with Crippen LogP contribution in [0.5, 0.6) is 0 Å². The Morgan fingerprint density at radius 3 is 2.12 bits per heavy atom. The molecule has 2 aromatic carbocycles. The summed E-state index contributed by atoms with van der Waals surface area (Å²) in [5.41, 5.74) is 3.97. The second-order valence-electron chi connectivity index (χ2n) is 6.47. The number of rotatable bonds is 6. The van der Waals surface area contributed by atoms with Crippen molar-refractivity contribution in [1.82, 2.24) is 4.31 Å². The first kappa shape index (κ1) is 20.1. The van der Waals surface area contributed by atoms with Gasteiger partial charge < -0.3 is 4.90 Å². The Balaban J connectivity index is 2.21. The number of carbonyl (C=O) groups excluding carboxylic acids is 1. The van der Waals surface area contributed by atoms with E-state index in [2.05, 4.69) is 0 Å². The summed E-state index contributed by atoms with van der Waals surface area (Å²) >= 11 is 0. The molecule has 0 heterocycles. The minimum atomic E-state index is -3.71. The maximum Gasteiger partial charge on any atom is 0.243 e. The van der Waals surface area contributed by atoms with Crippen LogP contribution in [0.15, 0.2) is 47.4 Å². The summed E-state index contributed by atoms with van der Waals surface area (Å²) in [4.78, 5) is 14.4. The molecule has 5 nitrogen and oxygen atoms in total. The molecular weight excluding hydrogens is 348 g/mol. The minimum Gasteiger partial charge on any atom is -0.314 e. The quantitative estimate of drug-likeness (QED) is 0.780. The Morgan fingerprint density at radius 2 is 1.58 bits per heavy atom. The summed E-state index contributed by atoms with van der Waals surface area (Å²) in [7, 11) is -2.04. The number of anilines is 1. The highest BCUT2D eigenvalue weighted by molar-refractivity contribution is 7.89. The number of hydrogen-bond acceptors (Lipinski definition) is 3. The molecule has 26 heavy (non-hydrogen) atoms. The average Bonchev–Trinajstić information content (AvgIpc) is 2.61. The molecular formula is C20H26N2O3S. The van der Waals surface area contributed by atoms with Gasteiger partial charge in [0, 0.05) is 19.3 Å². The molecule has 0 saturated carbocycles.